The van der Waals surface area contributed by atoms with Gasteiger partial charge in [-0.05, 0) is 122 Å². The van der Waals surface area contributed by atoms with Crippen molar-refractivity contribution in [2.24, 2.45) is 0 Å². The molecule has 78 heavy (non-hydrogen) atoms. The molecule has 0 aliphatic carbocycles. The fraction of sp³-hybridized carbons (Fsp3) is 0.681. The molecule has 1 atom stereocenters. The first-order chi connectivity index (χ1) is 38.5. The molecule has 444 valence electrons. The minimum atomic E-state index is -0.803. The Balaban J connectivity index is 4.09. The second kappa shape index (κ2) is 65.3. The highest BCUT2D eigenvalue weighted by molar-refractivity contribution is 5.71. The van der Waals surface area contributed by atoms with Crippen LogP contribution in [0.3, 0.4) is 0 Å². The summed E-state index contributed by atoms with van der Waals surface area (Å²) in [5.41, 5.74) is 0. The molecule has 0 amide bonds. The average Bonchev–Trinajstić information content (AvgIpc) is 3.44. The third-order valence-corrected chi connectivity index (χ3v) is 13.7. The van der Waals surface area contributed by atoms with Crippen molar-refractivity contribution >= 4 is 17.9 Å². The quantitative estimate of drug-likeness (QED) is 0.0261. The lowest BCUT2D eigenvalue weighted by Gasteiger charge is -2.18. The van der Waals surface area contributed by atoms with Crippen LogP contribution in [0.4, 0.5) is 0 Å². The molecule has 6 heteroatoms. The second-order valence-electron chi connectivity index (χ2n) is 21.3. The van der Waals surface area contributed by atoms with Gasteiger partial charge in [0.05, 0.1) is 0 Å². The third-order valence-electron chi connectivity index (χ3n) is 13.7. The van der Waals surface area contributed by atoms with Crippen LogP contribution in [0.5, 0.6) is 0 Å². The van der Waals surface area contributed by atoms with E-state index in [1.165, 1.54) is 122 Å². The summed E-state index contributed by atoms with van der Waals surface area (Å²) in [6, 6.07) is 0. The molecule has 0 aromatic carbocycles. The fourth-order valence-corrected chi connectivity index (χ4v) is 8.88. The van der Waals surface area contributed by atoms with E-state index in [-0.39, 0.29) is 37.5 Å². The van der Waals surface area contributed by atoms with Crippen LogP contribution in [0.25, 0.3) is 0 Å². The Labute approximate surface area is 482 Å². The van der Waals surface area contributed by atoms with Crippen LogP contribution < -0.4 is 0 Å². The molecule has 0 aliphatic rings. The molecule has 6 nitrogen and oxygen atoms in total. The second-order valence-corrected chi connectivity index (χ2v) is 21.3. The van der Waals surface area contributed by atoms with E-state index in [0.29, 0.717) is 19.3 Å². The number of hydrogen-bond acceptors (Lipinski definition) is 6. The number of carbonyl (C=O) groups is 3. The Morgan fingerprint density at radius 2 is 0.500 bits per heavy atom. The highest BCUT2D eigenvalue weighted by atomic mass is 16.6. The van der Waals surface area contributed by atoms with Crippen molar-refractivity contribution in [2.45, 2.75) is 303 Å². The number of rotatable bonds is 58. The zero-order chi connectivity index (χ0) is 56.4. The third kappa shape index (κ3) is 62.7. The molecule has 0 saturated carbocycles. The molecule has 0 aromatic rings. The van der Waals surface area contributed by atoms with Crippen molar-refractivity contribution in [3.8, 4) is 0 Å². The Bertz CT molecular complexity index is 1620. The molecular formula is C72H120O6. The van der Waals surface area contributed by atoms with Crippen molar-refractivity contribution in [1.29, 1.82) is 0 Å². The van der Waals surface area contributed by atoms with E-state index >= 15 is 0 Å². The summed E-state index contributed by atoms with van der Waals surface area (Å²) in [7, 11) is 0. The van der Waals surface area contributed by atoms with Gasteiger partial charge in [-0.25, -0.2) is 0 Å². The Kier molecular flexibility index (Phi) is 61.8. The topological polar surface area (TPSA) is 78.9 Å². The summed E-state index contributed by atoms with van der Waals surface area (Å²) in [5, 5.41) is 0. The van der Waals surface area contributed by atoms with Gasteiger partial charge in [-0.2, -0.15) is 0 Å². The van der Waals surface area contributed by atoms with E-state index < -0.39 is 6.10 Å². The van der Waals surface area contributed by atoms with Crippen LogP contribution in [0, 0.1) is 0 Å². The lowest BCUT2D eigenvalue weighted by atomic mass is 10.0. The van der Waals surface area contributed by atoms with Crippen molar-refractivity contribution in [3.63, 3.8) is 0 Å². The summed E-state index contributed by atoms with van der Waals surface area (Å²) in [4.78, 5) is 38.1. The zero-order valence-corrected chi connectivity index (χ0v) is 50.9. The lowest BCUT2D eigenvalue weighted by molar-refractivity contribution is -0.167. The van der Waals surface area contributed by atoms with E-state index in [4.69, 9.17) is 14.2 Å². The molecule has 0 spiro atoms. The molecule has 0 rings (SSSR count). The van der Waals surface area contributed by atoms with Gasteiger partial charge >= 0.3 is 17.9 Å². The highest BCUT2D eigenvalue weighted by Crippen LogP contribution is 2.16. The first kappa shape index (κ1) is 73.8. The highest BCUT2D eigenvalue weighted by Gasteiger charge is 2.19. The molecule has 0 aliphatic heterocycles. The summed E-state index contributed by atoms with van der Waals surface area (Å²) in [6.07, 6.45) is 91.0. The van der Waals surface area contributed by atoms with E-state index in [2.05, 4.69) is 142 Å². The zero-order valence-electron chi connectivity index (χ0n) is 50.9. The van der Waals surface area contributed by atoms with E-state index in [1.807, 2.05) is 0 Å². The summed E-state index contributed by atoms with van der Waals surface area (Å²) in [5.74, 6) is -0.945. The van der Waals surface area contributed by atoms with Crippen molar-refractivity contribution in [1.82, 2.24) is 0 Å². The summed E-state index contributed by atoms with van der Waals surface area (Å²) < 4.78 is 16.8. The maximum atomic E-state index is 12.8. The molecular weight excluding hydrogens is 961 g/mol. The number of hydrogen-bond donors (Lipinski definition) is 0. The van der Waals surface area contributed by atoms with Gasteiger partial charge in [0.1, 0.15) is 13.2 Å². The minimum Gasteiger partial charge on any atom is -0.462 e. The Morgan fingerprint density at radius 1 is 0.269 bits per heavy atom. The molecule has 0 radical (unpaired) electrons. The molecule has 0 saturated heterocycles. The predicted molar refractivity (Wildman–Crippen MR) is 339 cm³/mol. The monoisotopic (exact) mass is 1080 g/mol. The van der Waals surface area contributed by atoms with Crippen LogP contribution in [0.2, 0.25) is 0 Å². The van der Waals surface area contributed by atoms with Gasteiger partial charge in [0.15, 0.2) is 6.10 Å². The van der Waals surface area contributed by atoms with Gasteiger partial charge in [-0.1, -0.05) is 277 Å². The van der Waals surface area contributed by atoms with Gasteiger partial charge in [0.25, 0.3) is 0 Å². The minimum absolute atomic E-state index is 0.0964. The number of esters is 3. The van der Waals surface area contributed by atoms with E-state index in [9.17, 15) is 14.4 Å². The predicted octanol–water partition coefficient (Wildman–Crippen LogP) is 22.4. The molecule has 0 heterocycles. The van der Waals surface area contributed by atoms with Crippen LogP contribution in [0.1, 0.15) is 297 Å². The summed E-state index contributed by atoms with van der Waals surface area (Å²) in [6.45, 7) is 6.32. The molecule has 0 fully saturated rings. The number of carbonyl (C=O) groups excluding carboxylic acids is 3. The van der Waals surface area contributed by atoms with Crippen LogP contribution in [-0.2, 0) is 28.6 Å². The smallest absolute Gasteiger partial charge is 0.306 e. The van der Waals surface area contributed by atoms with Crippen LogP contribution in [0.15, 0.2) is 122 Å². The number of ether oxygens (including phenoxy) is 3. The normalized spacial score (nSPS) is 12.9. The van der Waals surface area contributed by atoms with Gasteiger partial charge < -0.3 is 14.2 Å². The standard InChI is InChI=1S/C72H120O6/c1-4-7-10-13-16-19-22-24-26-27-28-29-30-31-32-33-34-35-36-37-38-39-40-41-42-43-44-45-47-48-50-53-56-59-62-65-71(74)77-68-69(67-76-70(73)64-61-58-55-52-21-18-15-12-9-6-3)78-72(75)66-63-60-57-54-51-49-46-25-23-20-17-14-11-8-5-2/h7-8,10-12,15-17,19-20,24-26,28-29,31-32,46,51,54,69H,4-6,9,13-14,18,21-23,27,30,33-45,47-50,52-53,55-68H2,1-3H3/b10-7-,11-8-,15-12-,19-16-,20-17-,26-24-,29-28-,32-31-,46-25-,54-51-. The Morgan fingerprint density at radius 3 is 0.821 bits per heavy atom. The molecule has 0 N–H and O–H groups in total. The van der Waals surface area contributed by atoms with Gasteiger partial charge in [0.2, 0.25) is 0 Å². The van der Waals surface area contributed by atoms with E-state index in [1.54, 1.807) is 0 Å². The van der Waals surface area contributed by atoms with Gasteiger partial charge in [-0.3, -0.25) is 14.4 Å². The van der Waals surface area contributed by atoms with Crippen LogP contribution >= 0.6 is 0 Å². The largest absolute Gasteiger partial charge is 0.462 e. The number of allylic oxidation sites excluding steroid dienone is 20. The SMILES string of the molecule is CC/C=C\C/C=C\C/C=C\C/C=C\C/C=C\CCCCCCCCCCCCCCCCCCCCCC(=O)OCC(COC(=O)CCCCCCC/C=C\CCC)OC(=O)CCCC/C=C\C/C=C\C/C=C\C/C=C\CC. The first-order valence-corrected chi connectivity index (χ1v) is 32.5. The van der Waals surface area contributed by atoms with Crippen molar-refractivity contribution in [2.75, 3.05) is 13.2 Å². The Hall–Kier alpha value is -4.19. The molecule has 0 bridgehead atoms. The molecule has 0 aromatic heterocycles. The fourth-order valence-electron chi connectivity index (χ4n) is 8.88. The van der Waals surface area contributed by atoms with Crippen molar-refractivity contribution < 1.29 is 28.6 Å². The van der Waals surface area contributed by atoms with Gasteiger partial charge in [-0.15, -0.1) is 0 Å². The van der Waals surface area contributed by atoms with Gasteiger partial charge in [0, 0.05) is 19.3 Å². The first-order valence-electron chi connectivity index (χ1n) is 32.5. The molecule has 1 unspecified atom stereocenters. The average molecular weight is 1080 g/mol. The van der Waals surface area contributed by atoms with E-state index in [0.717, 1.165) is 128 Å². The maximum Gasteiger partial charge on any atom is 0.306 e. The lowest BCUT2D eigenvalue weighted by Crippen LogP contribution is -2.30. The summed E-state index contributed by atoms with van der Waals surface area (Å²) >= 11 is 0. The van der Waals surface area contributed by atoms with Crippen molar-refractivity contribution in [3.05, 3.63) is 122 Å². The maximum absolute atomic E-state index is 12.8. The van der Waals surface area contributed by atoms with Crippen LogP contribution in [-0.4, -0.2) is 37.2 Å². The number of unbranched alkanes of at least 4 members (excludes halogenated alkanes) is 27.